The minimum Gasteiger partial charge on any atom is -0.379 e. The summed E-state index contributed by atoms with van der Waals surface area (Å²) in [4.78, 5) is 0. The molecule has 0 aliphatic heterocycles. The van der Waals surface area contributed by atoms with Crippen molar-refractivity contribution >= 4 is 0 Å². The quantitative estimate of drug-likeness (QED) is 0.668. The van der Waals surface area contributed by atoms with Gasteiger partial charge in [-0.15, -0.1) is 0 Å². The predicted molar refractivity (Wildman–Crippen MR) is 79.0 cm³/mol. The third-order valence-corrected chi connectivity index (χ3v) is 4.54. The maximum Gasteiger partial charge on any atom is 0.0623 e. The van der Waals surface area contributed by atoms with Crippen LogP contribution in [0.5, 0.6) is 0 Å². The Bertz CT molecular complexity index is 209. The SMILES string of the molecule is CCNC(CCC1CCCC1)CCC(C)(C)OC. The van der Waals surface area contributed by atoms with Gasteiger partial charge in [0.05, 0.1) is 5.60 Å². The fraction of sp³-hybridized carbons (Fsp3) is 1.00. The molecular weight excluding hydrogens is 222 g/mol. The van der Waals surface area contributed by atoms with Gasteiger partial charge in [0.25, 0.3) is 0 Å². The summed E-state index contributed by atoms with van der Waals surface area (Å²) in [6.45, 7) is 7.67. The molecule has 0 aromatic rings. The number of rotatable bonds is 9. The van der Waals surface area contributed by atoms with Crippen molar-refractivity contribution in [1.82, 2.24) is 5.32 Å². The molecular formula is C16H33NO. The molecule has 1 fully saturated rings. The molecule has 108 valence electrons. The molecule has 2 heteroatoms. The molecule has 1 rings (SSSR count). The molecule has 0 radical (unpaired) electrons. The maximum absolute atomic E-state index is 5.52. The highest BCUT2D eigenvalue weighted by molar-refractivity contribution is 4.76. The van der Waals surface area contributed by atoms with Crippen LogP contribution in [0.2, 0.25) is 0 Å². The van der Waals surface area contributed by atoms with Crippen LogP contribution >= 0.6 is 0 Å². The highest BCUT2D eigenvalue weighted by Crippen LogP contribution is 2.29. The summed E-state index contributed by atoms with van der Waals surface area (Å²) in [5.41, 5.74) is 0.0288. The Labute approximate surface area is 114 Å². The first kappa shape index (κ1) is 16.0. The van der Waals surface area contributed by atoms with Crippen LogP contribution in [0.3, 0.4) is 0 Å². The van der Waals surface area contributed by atoms with E-state index in [-0.39, 0.29) is 5.60 Å². The van der Waals surface area contributed by atoms with Crippen LogP contribution in [-0.2, 0) is 4.74 Å². The van der Waals surface area contributed by atoms with Crippen LogP contribution in [0.15, 0.2) is 0 Å². The Kier molecular flexibility index (Phi) is 7.25. The first-order chi connectivity index (χ1) is 8.57. The van der Waals surface area contributed by atoms with Crippen molar-refractivity contribution in [2.45, 2.75) is 83.8 Å². The van der Waals surface area contributed by atoms with Gasteiger partial charge in [-0.05, 0) is 52.0 Å². The van der Waals surface area contributed by atoms with Gasteiger partial charge in [0, 0.05) is 13.2 Å². The first-order valence-electron chi connectivity index (χ1n) is 7.86. The summed E-state index contributed by atoms with van der Waals surface area (Å²) in [6.07, 6.45) is 11.0. The lowest BCUT2D eigenvalue weighted by Gasteiger charge is -2.27. The lowest BCUT2D eigenvalue weighted by Crippen LogP contribution is -2.32. The summed E-state index contributed by atoms with van der Waals surface area (Å²) >= 11 is 0. The van der Waals surface area contributed by atoms with Crippen molar-refractivity contribution in [3.8, 4) is 0 Å². The van der Waals surface area contributed by atoms with E-state index in [1.165, 1.54) is 44.9 Å². The average Bonchev–Trinajstić information content (AvgIpc) is 2.86. The number of hydrogen-bond acceptors (Lipinski definition) is 2. The van der Waals surface area contributed by atoms with Gasteiger partial charge >= 0.3 is 0 Å². The van der Waals surface area contributed by atoms with E-state index in [4.69, 9.17) is 4.74 Å². The molecule has 1 saturated carbocycles. The molecule has 1 N–H and O–H groups in total. The lowest BCUT2D eigenvalue weighted by atomic mass is 9.93. The van der Waals surface area contributed by atoms with Crippen molar-refractivity contribution in [1.29, 1.82) is 0 Å². The second kappa shape index (κ2) is 8.16. The van der Waals surface area contributed by atoms with Gasteiger partial charge in [-0.1, -0.05) is 32.6 Å². The van der Waals surface area contributed by atoms with Crippen LogP contribution in [-0.4, -0.2) is 25.3 Å². The van der Waals surface area contributed by atoms with Gasteiger partial charge in [-0.2, -0.15) is 0 Å². The number of nitrogens with one attached hydrogen (secondary N) is 1. The fourth-order valence-electron chi connectivity index (χ4n) is 3.00. The molecule has 18 heavy (non-hydrogen) atoms. The summed E-state index contributed by atoms with van der Waals surface area (Å²) in [6, 6.07) is 0.685. The highest BCUT2D eigenvalue weighted by Gasteiger charge is 2.21. The highest BCUT2D eigenvalue weighted by atomic mass is 16.5. The zero-order valence-electron chi connectivity index (χ0n) is 12.9. The Morgan fingerprint density at radius 2 is 1.89 bits per heavy atom. The van der Waals surface area contributed by atoms with Crippen LogP contribution in [0.4, 0.5) is 0 Å². The standard InChI is InChI=1S/C16H33NO/c1-5-17-15(12-13-16(2,3)18-4)11-10-14-8-6-7-9-14/h14-15,17H,5-13H2,1-4H3. The summed E-state index contributed by atoms with van der Waals surface area (Å²) in [7, 11) is 1.82. The van der Waals surface area contributed by atoms with E-state index in [9.17, 15) is 0 Å². The van der Waals surface area contributed by atoms with Gasteiger partial charge in [0.2, 0.25) is 0 Å². The van der Waals surface area contributed by atoms with Crippen molar-refractivity contribution in [3.05, 3.63) is 0 Å². The molecule has 1 aliphatic rings. The van der Waals surface area contributed by atoms with Crippen LogP contribution in [0.25, 0.3) is 0 Å². The molecule has 1 atom stereocenters. The van der Waals surface area contributed by atoms with Crippen molar-refractivity contribution in [3.63, 3.8) is 0 Å². The Morgan fingerprint density at radius 1 is 1.22 bits per heavy atom. The third kappa shape index (κ3) is 6.19. The van der Waals surface area contributed by atoms with E-state index in [2.05, 4.69) is 26.1 Å². The van der Waals surface area contributed by atoms with Crippen molar-refractivity contribution in [2.75, 3.05) is 13.7 Å². The molecule has 0 amide bonds. The second-order valence-corrected chi connectivity index (χ2v) is 6.48. The van der Waals surface area contributed by atoms with Gasteiger partial charge < -0.3 is 10.1 Å². The van der Waals surface area contributed by atoms with Gasteiger partial charge in [-0.25, -0.2) is 0 Å². The molecule has 0 aromatic carbocycles. The van der Waals surface area contributed by atoms with E-state index in [0.717, 1.165) is 18.9 Å². The van der Waals surface area contributed by atoms with E-state index < -0.39 is 0 Å². The van der Waals surface area contributed by atoms with Crippen LogP contribution in [0, 0.1) is 5.92 Å². The fourth-order valence-corrected chi connectivity index (χ4v) is 3.00. The first-order valence-corrected chi connectivity index (χ1v) is 7.86. The van der Waals surface area contributed by atoms with E-state index in [1.807, 2.05) is 7.11 Å². The maximum atomic E-state index is 5.52. The van der Waals surface area contributed by atoms with E-state index in [1.54, 1.807) is 0 Å². The zero-order chi connectivity index (χ0) is 13.4. The number of ether oxygens (including phenoxy) is 1. The van der Waals surface area contributed by atoms with Crippen LogP contribution in [0.1, 0.15) is 72.1 Å². The number of hydrogen-bond donors (Lipinski definition) is 1. The normalized spacial score (nSPS) is 19.3. The number of methoxy groups -OCH3 is 1. The molecule has 0 heterocycles. The second-order valence-electron chi connectivity index (χ2n) is 6.48. The molecule has 0 spiro atoms. The van der Waals surface area contributed by atoms with E-state index in [0.29, 0.717) is 6.04 Å². The smallest absolute Gasteiger partial charge is 0.0623 e. The molecule has 0 aromatic heterocycles. The Balaban J connectivity index is 2.25. The van der Waals surface area contributed by atoms with Gasteiger partial charge in [0.1, 0.15) is 0 Å². The molecule has 0 bridgehead atoms. The predicted octanol–water partition coefficient (Wildman–Crippen LogP) is 4.14. The summed E-state index contributed by atoms with van der Waals surface area (Å²) in [5.74, 6) is 1.02. The van der Waals surface area contributed by atoms with Crippen molar-refractivity contribution in [2.24, 2.45) is 5.92 Å². The Hall–Kier alpha value is -0.0800. The molecule has 1 unspecified atom stereocenters. The van der Waals surface area contributed by atoms with E-state index >= 15 is 0 Å². The molecule has 0 saturated heterocycles. The largest absolute Gasteiger partial charge is 0.379 e. The van der Waals surface area contributed by atoms with Crippen LogP contribution < -0.4 is 5.32 Å². The molecule has 2 nitrogen and oxygen atoms in total. The lowest BCUT2D eigenvalue weighted by molar-refractivity contribution is 0.0114. The van der Waals surface area contributed by atoms with Crippen molar-refractivity contribution < 1.29 is 4.74 Å². The summed E-state index contributed by atoms with van der Waals surface area (Å²) < 4.78 is 5.52. The third-order valence-electron chi connectivity index (χ3n) is 4.54. The zero-order valence-corrected chi connectivity index (χ0v) is 12.9. The summed E-state index contributed by atoms with van der Waals surface area (Å²) in [5, 5.41) is 3.65. The Morgan fingerprint density at radius 3 is 2.44 bits per heavy atom. The minimum atomic E-state index is 0.0288. The molecule has 1 aliphatic carbocycles. The monoisotopic (exact) mass is 255 g/mol. The topological polar surface area (TPSA) is 21.3 Å². The minimum absolute atomic E-state index is 0.0288. The average molecular weight is 255 g/mol. The van der Waals surface area contributed by atoms with Gasteiger partial charge in [0.15, 0.2) is 0 Å². The van der Waals surface area contributed by atoms with Gasteiger partial charge in [-0.3, -0.25) is 0 Å².